The molecule has 0 fully saturated rings. The third kappa shape index (κ3) is 1.62. The van der Waals surface area contributed by atoms with Gasteiger partial charge in [0.05, 0.1) is 9.94 Å². The number of rotatable bonds is 1. The van der Waals surface area contributed by atoms with Crippen LogP contribution in [0.2, 0.25) is 0 Å². The zero-order valence-corrected chi connectivity index (χ0v) is 8.72. The van der Waals surface area contributed by atoms with Crippen molar-refractivity contribution in [2.75, 3.05) is 0 Å². The minimum absolute atomic E-state index is 0.239. The quantitative estimate of drug-likeness (QED) is 0.392. The Morgan fingerprint density at radius 3 is 2.50 bits per heavy atom. The zero-order chi connectivity index (χ0) is 9.30. The standard InChI is InChI=1S/C9H10NS2/c1-5-3-4-7(9(10)12)8(11)6(5)2/h3-4H,1-2H3,(H2,10,12). The molecule has 63 valence electrons. The second-order valence-corrected chi connectivity index (χ2v) is 3.59. The molecule has 0 saturated heterocycles. The molecule has 0 atom stereocenters. The van der Waals surface area contributed by atoms with Gasteiger partial charge in [-0.1, -0.05) is 24.8 Å². The molecule has 1 aromatic carbocycles. The molecule has 1 rings (SSSR count). The van der Waals surface area contributed by atoms with E-state index in [1.807, 2.05) is 26.0 Å². The first kappa shape index (κ1) is 9.55. The highest BCUT2D eigenvalue weighted by Gasteiger charge is 2.06. The lowest BCUT2D eigenvalue weighted by Crippen LogP contribution is -1.94. The molecule has 0 bridgehead atoms. The minimum atomic E-state index is 0.239. The number of nitrogens with one attached hydrogen (secondary N) is 1. The normalized spacial score (nSPS) is 9.92. The van der Waals surface area contributed by atoms with E-state index in [0.29, 0.717) is 0 Å². The van der Waals surface area contributed by atoms with Gasteiger partial charge >= 0.3 is 0 Å². The zero-order valence-electron chi connectivity index (χ0n) is 7.01. The van der Waals surface area contributed by atoms with Crippen molar-refractivity contribution < 1.29 is 0 Å². The summed E-state index contributed by atoms with van der Waals surface area (Å²) >= 11 is 9.12. The van der Waals surface area contributed by atoms with E-state index in [-0.39, 0.29) is 5.04 Å². The predicted octanol–water partition coefficient (Wildman–Crippen LogP) is 3.12. The molecule has 0 aliphatic heterocycles. The van der Waals surface area contributed by atoms with Crippen LogP contribution in [-0.2, 0) is 0 Å². The third-order valence-electron chi connectivity index (χ3n) is 1.93. The summed E-state index contributed by atoms with van der Waals surface area (Å²) < 4.78 is 0. The third-order valence-corrected chi connectivity index (χ3v) is 2.70. The summed E-state index contributed by atoms with van der Waals surface area (Å²) in [6.45, 7) is 3.98. The number of aryl methyl sites for hydroxylation is 1. The molecule has 1 aromatic rings. The highest BCUT2D eigenvalue weighted by molar-refractivity contribution is 7.97. The average Bonchev–Trinajstić information content (AvgIpc) is 2.00. The molecule has 0 saturated carbocycles. The fourth-order valence-electron chi connectivity index (χ4n) is 0.977. The topological polar surface area (TPSA) is 23.9 Å². The molecule has 0 aliphatic carbocycles. The predicted molar refractivity (Wildman–Crippen MR) is 57.6 cm³/mol. The molecule has 1 nitrogen and oxygen atoms in total. The van der Waals surface area contributed by atoms with Crippen LogP contribution in [0.1, 0.15) is 16.7 Å². The van der Waals surface area contributed by atoms with E-state index in [0.717, 1.165) is 16.0 Å². The Kier molecular flexibility index (Phi) is 2.75. The van der Waals surface area contributed by atoms with Crippen molar-refractivity contribution in [1.29, 1.82) is 5.41 Å². The van der Waals surface area contributed by atoms with Gasteiger partial charge in [0, 0.05) is 5.56 Å². The Balaban J connectivity index is 3.36. The first-order valence-corrected chi connectivity index (χ1v) is 4.44. The van der Waals surface area contributed by atoms with E-state index in [1.165, 1.54) is 5.56 Å². The van der Waals surface area contributed by atoms with Gasteiger partial charge in [-0.05, 0) is 25.0 Å². The lowest BCUT2D eigenvalue weighted by Gasteiger charge is -2.06. The van der Waals surface area contributed by atoms with Crippen molar-refractivity contribution >= 4 is 30.3 Å². The Hall–Kier alpha value is -0.540. The van der Waals surface area contributed by atoms with Crippen LogP contribution in [0.4, 0.5) is 0 Å². The molecule has 0 amide bonds. The second kappa shape index (κ2) is 3.46. The van der Waals surface area contributed by atoms with Crippen LogP contribution in [0.5, 0.6) is 0 Å². The SMILES string of the molecule is Cc1ccc(C(=N)S)c([S])c1C. The van der Waals surface area contributed by atoms with Crippen molar-refractivity contribution in [2.24, 2.45) is 0 Å². The van der Waals surface area contributed by atoms with Gasteiger partial charge in [0.1, 0.15) is 0 Å². The fraction of sp³-hybridized carbons (Fsp3) is 0.222. The molecular weight excluding hydrogens is 186 g/mol. The van der Waals surface area contributed by atoms with Crippen LogP contribution in [0, 0.1) is 19.3 Å². The molecule has 1 N–H and O–H groups in total. The van der Waals surface area contributed by atoms with Gasteiger partial charge in [0.15, 0.2) is 0 Å². The summed E-state index contributed by atoms with van der Waals surface area (Å²) in [5.74, 6) is 0. The number of benzene rings is 1. The maximum Gasteiger partial charge on any atom is 0.0926 e. The van der Waals surface area contributed by atoms with Gasteiger partial charge in [-0.3, -0.25) is 5.41 Å². The van der Waals surface area contributed by atoms with E-state index >= 15 is 0 Å². The summed E-state index contributed by atoms with van der Waals surface area (Å²) in [6, 6.07) is 3.81. The Morgan fingerprint density at radius 1 is 1.42 bits per heavy atom. The lowest BCUT2D eigenvalue weighted by molar-refractivity contribution is 1.22. The number of hydrogen-bond acceptors (Lipinski definition) is 1. The van der Waals surface area contributed by atoms with Crippen LogP contribution in [-0.4, -0.2) is 5.04 Å². The van der Waals surface area contributed by atoms with Crippen LogP contribution < -0.4 is 0 Å². The molecule has 0 heterocycles. The van der Waals surface area contributed by atoms with Crippen molar-refractivity contribution in [3.63, 3.8) is 0 Å². The molecule has 0 aliphatic rings. The fourth-order valence-corrected chi connectivity index (χ4v) is 1.57. The Bertz CT molecular complexity index is 332. The number of hydrogen-bond donors (Lipinski definition) is 2. The maximum absolute atomic E-state index is 7.34. The first-order valence-electron chi connectivity index (χ1n) is 3.59. The van der Waals surface area contributed by atoms with E-state index in [2.05, 4.69) is 12.6 Å². The highest BCUT2D eigenvalue weighted by atomic mass is 32.1. The van der Waals surface area contributed by atoms with Crippen molar-refractivity contribution in [1.82, 2.24) is 0 Å². The van der Waals surface area contributed by atoms with Gasteiger partial charge in [-0.25, -0.2) is 0 Å². The van der Waals surface area contributed by atoms with E-state index in [1.54, 1.807) is 0 Å². The molecule has 12 heavy (non-hydrogen) atoms. The van der Waals surface area contributed by atoms with Gasteiger partial charge in [-0.2, -0.15) is 0 Å². The molecule has 1 radical (unpaired) electrons. The van der Waals surface area contributed by atoms with Gasteiger partial charge in [0.2, 0.25) is 0 Å². The monoisotopic (exact) mass is 196 g/mol. The summed E-state index contributed by atoms with van der Waals surface area (Å²) in [5, 5.41) is 7.58. The van der Waals surface area contributed by atoms with Crippen molar-refractivity contribution in [2.45, 2.75) is 18.7 Å². The largest absolute Gasteiger partial charge is 0.294 e. The van der Waals surface area contributed by atoms with E-state index in [9.17, 15) is 0 Å². The van der Waals surface area contributed by atoms with Crippen LogP contribution in [0.25, 0.3) is 0 Å². The number of thiol groups is 1. The molecule has 0 aromatic heterocycles. The summed E-state index contributed by atoms with van der Waals surface area (Å²) in [4.78, 5) is 0.745. The van der Waals surface area contributed by atoms with Gasteiger partial charge in [-0.15, -0.1) is 12.6 Å². The minimum Gasteiger partial charge on any atom is -0.294 e. The second-order valence-electron chi connectivity index (χ2n) is 2.73. The van der Waals surface area contributed by atoms with Crippen LogP contribution in [0.3, 0.4) is 0 Å². The average molecular weight is 196 g/mol. The molecular formula is C9H10NS2. The first-order chi connectivity index (χ1) is 5.54. The van der Waals surface area contributed by atoms with Crippen molar-refractivity contribution in [3.8, 4) is 0 Å². The van der Waals surface area contributed by atoms with Crippen molar-refractivity contribution in [3.05, 3.63) is 28.8 Å². The Morgan fingerprint density at radius 2 is 2.00 bits per heavy atom. The van der Waals surface area contributed by atoms with Gasteiger partial charge < -0.3 is 0 Å². The molecule has 0 spiro atoms. The smallest absolute Gasteiger partial charge is 0.0926 e. The Labute approximate surface area is 83.5 Å². The van der Waals surface area contributed by atoms with Crippen LogP contribution in [0.15, 0.2) is 17.0 Å². The lowest BCUT2D eigenvalue weighted by atomic mass is 10.1. The van der Waals surface area contributed by atoms with E-state index < -0.39 is 0 Å². The van der Waals surface area contributed by atoms with Gasteiger partial charge in [0.25, 0.3) is 0 Å². The summed E-state index contributed by atoms with van der Waals surface area (Å²) in [5.41, 5.74) is 2.98. The van der Waals surface area contributed by atoms with Crippen LogP contribution >= 0.6 is 25.3 Å². The maximum atomic E-state index is 7.34. The summed E-state index contributed by atoms with van der Waals surface area (Å²) in [6.07, 6.45) is 0. The highest BCUT2D eigenvalue weighted by Crippen LogP contribution is 2.22. The molecule has 3 heteroatoms. The molecule has 0 unspecified atom stereocenters. The van der Waals surface area contributed by atoms with E-state index in [4.69, 9.17) is 18.0 Å². The summed E-state index contributed by atoms with van der Waals surface area (Å²) in [7, 11) is 0.